The van der Waals surface area contributed by atoms with Gasteiger partial charge in [0.15, 0.2) is 0 Å². The SMILES string of the molecule is CC1CCC(CCC(=O)NC(CO)c2ccccc2)O1. The number of benzene rings is 1. The van der Waals surface area contributed by atoms with Gasteiger partial charge in [-0.3, -0.25) is 4.79 Å². The summed E-state index contributed by atoms with van der Waals surface area (Å²) in [5, 5.41) is 12.3. The number of carbonyl (C=O) groups excluding carboxylic acids is 1. The van der Waals surface area contributed by atoms with Crippen LogP contribution in [0.25, 0.3) is 0 Å². The topological polar surface area (TPSA) is 58.6 Å². The molecule has 0 aliphatic carbocycles. The van der Waals surface area contributed by atoms with E-state index in [-0.39, 0.29) is 24.7 Å². The molecule has 1 fully saturated rings. The van der Waals surface area contributed by atoms with Crippen molar-refractivity contribution in [1.29, 1.82) is 0 Å². The molecule has 1 aliphatic rings. The Kier molecular flexibility index (Phi) is 5.56. The first kappa shape index (κ1) is 15.0. The van der Waals surface area contributed by atoms with Crippen LogP contribution in [0.2, 0.25) is 0 Å². The third kappa shape index (κ3) is 4.32. The molecule has 3 atom stereocenters. The highest BCUT2D eigenvalue weighted by Gasteiger charge is 2.22. The Morgan fingerprint density at radius 2 is 2.15 bits per heavy atom. The summed E-state index contributed by atoms with van der Waals surface area (Å²) < 4.78 is 5.70. The van der Waals surface area contributed by atoms with E-state index in [9.17, 15) is 9.90 Å². The molecule has 1 aromatic carbocycles. The van der Waals surface area contributed by atoms with E-state index in [1.807, 2.05) is 30.3 Å². The Morgan fingerprint density at radius 3 is 2.75 bits per heavy atom. The predicted octanol–water partition coefficient (Wildman–Crippen LogP) is 2.18. The maximum Gasteiger partial charge on any atom is 0.220 e. The number of rotatable bonds is 6. The Balaban J connectivity index is 1.78. The minimum absolute atomic E-state index is 0.0314. The van der Waals surface area contributed by atoms with Crippen molar-refractivity contribution in [3.8, 4) is 0 Å². The maximum absolute atomic E-state index is 11.9. The summed E-state index contributed by atoms with van der Waals surface area (Å²) in [6.07, 6.45) is 3.84. The van der Waals surface area contributed by atoms with Crippen LogP contribution in [-0.4, -0.2) is 29.8 Å². The summed E-state index contributed by atoms with van der Waals surface area (Å²) in [5.41, 5.74) is 0.925. The average Bonchev–Trinajstić information content (AvgIpc) is 2.89. The maximum atomic E-state index is 11.9. The van der Waals surface area contributed by atoms with Crippen LogP contribution in [0.5, 0.6) is 0 Å². The van der Waals surface area contributed by atoms with Crippen molar-refractivity contribution in [2.75, 3.05) is 6.61 Å². The number of carbonyl (C=O) groups is 1. The lowest BCUT2D eigenvalue weighted by Gasteiger charge is -2.17. The van der Waals surface area contributed by atoms with Gasteiger partial charge in [0, 0.05) is 6.42 Å². The molecule has 0 saturated carbocycles. The van der Waals surface area contributed by atoms with E-state index in [2.05, 4.69) is 12.2 Å². The van der Waals surface area contributed by atoms with Gasteiger partial charge in [0.25, 0.3) is 0 Å². The van der Waals surface area contributed by atoms with Gasteiger partial charge in [-0.2, -0.15) is 0 Å². The second kappa shape index (κ2) is 7.41. The first-order valence-electron chi connectivity index (χ1n) is 7.29. The Hall–Kier alpha value is -1.39. The zero-order valence-corrected chi connectivity index (χ0v) is 11.9. The minimum atomic E-state index is -0.327. The Labute approximate surface area is 120 Å². The number of aliphatic hydroxyl groups excluding tert-OH is 1. The lowest BCUT2D eigenvalue weighted by atomic mass is 10.1. The molecule has 4 nitrogen and oxygen atoms in total. The normalized spacial score (nSPS) is 23.5. The molecule has 1 aliphatic heterocycles. The van der Waals surface area contributed by atoms with Crippen LogP contribution in [0.4, 0.5) is 0 Å². The van der Waals surface area contributed by atoms with Crippen LogP contribution in [0, 0.1) is 0 Å². The van der Waals surface area contributed by atoms with Crippen molar-refractivity contribution >= 4 is 5.91 Å². The van der Waals surface area contributed by atoms with Gasteiger partial charge < -0.3 is 15.2 Å². The molecule has 1 saturated heterocycles. The van der Waals surface area contributed by atoms with Crippen LogP contribution in [0.15, 0.2) is 30.3 Å². The van der Waals surface area contributed by atoms with Gasteiger partial charge in [-0.15, -0.1) is 0 Å². The molecule has 4 heteroatoms. The minimum Gasteiger partial charge on any atom is -0.394 e. The van der Waals surface area contributed by atoms with Gasteiger partial charge in [0.1, 0.15) is 0 Å². The van der Waals surface area contributed by atoms with Gasteiger partial charge in [-0.25, -0.2) is 0 Å². The zero-order chi connectivity index (χ0) is 14.4. The highest BCUT2D eigenvalue weighted by atomic mass is 16.5. The first-order valence-corrected chi connectivity index (χ1v) is 7.29. The van der Waals surface area contributed by atoms with Crippen molar-refractivity contribution in [2.45, 2.75) is 50.9 Å². The van der Waals surface area contributed by atoms with E-state index in [4.69, 9.17) is 4.74 Å². The van der Waals surface area contributed by atoms with Crippen LogP contribution in [0.3, 0.4) is 0 Å². The van der Waals surface area contributed by atoms with Crippen molar-refractivity contribution in [1.82, 2.24) is 5.32 Å². The number of amides is 1. The number of nitrogens with one attached hydrogen (secondary N) is 1. The molecule has 0 radical (unpaired) electrons. The number of hydrogen-bond donors (Lipinski definition) is 2. The average molecular weight is 277 g/mol. The predicted molar refractivity (Wildman–Crippen MR) is 77.2 cm³/mol. The first-order chi connectivity index (χ1) is 9.69. The number of hydrogen-bond acceptors (Lipinski definition) is 3. The fraction of sp³-hybridized carbons (Fsp3) is 0.562. The Bertz CT molecular complexity index is 421. The highest BCUT2D eigenvalue weighted by molar-refractivity contribution is 5.76. The zero-order valence-electron chi connectivity index (χ0n) is 11.9. The molecule has 2 N–H and O–H groups in total. The van der Waals surface area contributed by atoms with E-state index in [0.717, 1.165) is 24.8 Å². The molecule has 1 heterocycles. The summed E-state index contributed by atoms with van der Waals surface area (Å²) in [6, 6.07) is 9.20. The number of ether oxygens (including phenoxy) is 1. The van der Waals surface area contributed by atoms with Gasteiger partial charge in [0.05, 0.1) is 24.9 Å². The molecule has 1 aromatic rings. The summed E-state index contributed by atoms with van der Waals surface area (Å²) in [7, 11) is 0. The van der Waals surface area contributed by atoms with Crippen molar-refractivity contribution in [2.24, 2.45) is 0 Å². The third-order valence-electron chi connectivity index (χ3n) is 3.73. The molecule has 0 aromatic heterocycles. The largest absolute Gasteiger partial charge is 0.394 e. The second-order valence-electron chi connectivity index (χ2n) is 5.40. The standard InChI is InChI=1S/C16H23NO3/c1-12-7-8-14(20-12)9-10-16(19)17-15(11-18)13-5-3-2-4-6-13/h2-6,12,14-15,18H,7-11H2,1H3,(H,17,19). The lowest BCUT2D eigenvalue weighted by molar-refractivity contribution is -0.122. The lowest BCUT2D eigenvalue weighted by Crippen LogP contribution is -2.31. The van der Waals surface area contributed by atoms with E-state index in [1.54, 1.807) is 0 Å². The van der Waals surface area contributed by atoms with Crippen LogP contribution in [0.1, 0.15) is 44.2 Å². The van der Waals surface area contributed by atoms with Crippen LogP contribution >= 0.6 is 0 Å². The molecule has 1 amide bonds. The van der Waals surface area contributed by atoms with Crippen molar-refractivity contribution in [3.63, 3.8) is 0 Å². The molecular formula is C16H23NO3. The third-order valence-corrected chi connectivity index (χ3v) is 3.73. The molecule has 0 spiro atoms. The highest BCUT2D eigenvalue weighted by Crippen LogP contribution is 2.22. The molecule has 2 rings (SSSR count). The monoisotopic (exact) mass is 277 g/mol. The van der Waals surface area contributed by atoms with E-state index in [1.165, 1.54) is 0 Å². The quantitative estimate of drug-likeness (QED) is 0.838. The van der Waals surface area contributed by atoms with Gasteiger partial charge in [-0.05, 0) is 31.7 Å². The summed E-state index contributed by atoms with van der Waals surface area (Å²) in [4.78, 5) is 11.9. The fourth-order valence-corrected chi connectivity index (χ4v) is 2.58. The molecular weight excluding hydrogens is 254 g/mol. The Morgan fingerprint density at radius 1 is 1.40 bits per heavy atom. The van der Waals surface area contributed by atoms with E-state index >= 15 is 0 Å². The van der Waals surface area contributed by atoms with Crippen LogP contribution < -0.4 is 5.32 Å². The smallest absolute Gasteiger partial charge is 0.220 e. The van der Waals surface area contributed by atoms with Crippen molar-refractivity contribution in [3.05, 3.63) is 35.9 Å². The second-order valence-corrected chi connectivity index (χ2v) is 5.40. The molecule has 0 bridgehead atoms. The molecule has 20 heavy (non-hydrogen) atoms. The number of aliphatic hydroxyl groups is 1. The van der Waals surface area contributed by atoms with E-state index < -0.39 is 0 Å². The fourth-order valence-electron chi connectivity index (χ4n) is 2.58. The summed E-state index contributed by atoms with van der Waals surface area (Å²) in [6.45, 7) is 1.98. The van der Waals surface area contributed by atoms with Crippen LogP contribution in [-0.2, 0) is 9.53 Å². The summed E-state index contributed by atoms with van der Waals surface area (Å²) >= 11 is 0. The van der Waals surface area contributed by atoms with Crippen molar-refractivity contribution < 1.29 is 14.6 Å². The molecule has 3 unspecified atom stereocenters. The molecule has 110 valence electrons. The van der Waals surface area contributed by atoms with Gasteiger partial charge in [0.2, 0.25) is 5.91 Å². The van der Waals surface area contributed by atoms with Gasteiger partial charge >= 0.3 is 0 Å². The summed E-state index contributed by atoms with van der Waals surface area (Å²) in [5.74, 6) is -0.0314. The van der Waals surface area contributed by atoms with Gasteiger partial charge in [-0.1, -0.05) is 30.3 Å². The van der Waals surface area contributed by atoms with E-state index in [0.29, 0.717) is 12.5 Å².